The first kappa shape index (κ1) is 8.89. The zero-order valence-corrected chi connectivity index (χ0v) is 6.48. The summed E-state index contributed by atoms with van der Waals surface area (Å²) in [4.78, 5) is 10.1. The van der Waals surface area contributed by atoms with Gasteiger partial charge < -0.3 is 0 Å². The molecule has 0 fully saturated rings. The molecule has 0 aliphatic carbocycles. The van der Waals surface area contributed by atoms with Crippen LogP contribution >= 0.6 is 0 Å². The van der Waals surface area contributed by atoms with Gasteiger partial charge >= 0.3 is 0 Å². The van der Waals surface area contributed by atoms with E-state index in [1.807, 2.05) is 13.8 Å². The summed E-state index contributed by atoms with van der Waals surface area (Å²) in [6.45, 7) is 11.0. The SMILES string of the molecule is C=C(C=O)/C=C(/C)C(=C)C. The topological polar surface area (TPSA) is 17.1 Å². The van der Waals surface area contributed by atoms with E-state index in [9.17, 15) is 4.79 Å². The van der Waals surface area contributed by atoms with Crippen LogP contribution in [0.2, 0.25) is 0 Å². The van der Waals surface area contributed by atoms with Gasteiger partial charge in [0.05, 0.1) is 0 Å². The molecule has 0 aromatic heterocycles. The normalized spacial score (nSPS) is 10.8. The monoisotopic (exact) mass is 136 g/mol. The smallest absolute Gasteiger partial charge is 0.149 e. The maximum Gasteiger partial charge on any atom is 0.149 e. The van der Waals surface area contributed by atoms with E-state index < -0.39 is 0 Å². The van der Waals surface area contributed by atoms with E-state index in [0.29, 0.717) is 5.57 Å². The lowest BCUT2D eigenvalue weighted by Gasteiger charge is -1.95. The molecule has 0 amide bonds. The van der Waals surface area contributed by atoms with Crippen molar-refractivity contribution in [2.24, 2.45) is 0 Å². The Morgan fingerprint density at radius 2 is 1.80 bits per heavy atom. The summed E-state index contributed by atoms with van der Waals surface area (Å²) in [6.07, 6.45) is 2.45. The fourth-order valence-electron chi connectivity index (χ4n) is 0.435. The van der Waals surface area contributed by atoms with Crippen molar-refractivity contribution in [1.29, 1.82) is 0 Å². The van der Waals surface area contributed by atoms with Crippen LogP contribution in [-0.2, 0) is 4.79 Å². The van der Waals surface area contributed by atoms with E-state index in [2.05, 4.69) is 13.2 Å². The first-order valence-electron chi connectivity index (χ1n) is 3.06. The molecule has 0 saturated heterocycles. The van der Waals surface area contributed by atoms with Gasteiger partial charge in [0.25, 0.3) is 0 Å². The van der Waals surface area contributed by atoms with Gasteiger partial charge in [-0.15, -0.1) is 0 Å². The summed E-state index contributed by atoms with van der Waals surface area (Å²) >= 11 is 0. The molecular weight excluding hydrogens is 124 g/mol. The Hall–Kier alpha value is -1.11. The highest BCUT2D eigenvalue weighted by atomic mass is 16.1. The molecule has 0 aromatic rings. The minimum absolute atomic E-state index is 0.487. The zero-order chi connectivity index (χ0) is 8.15. The predicted molar refractivity (Wildman–Crippen MR) is 43.8 cm³/mol. The summed E-state index contributed by atoms with van der Waals surface area (Å²) < 4.78 is 0. The summed E-state index contributed by atoms with van der Waals surface area (Å²) in [6, 6.07) is 0. The highest BCUT2D eigenvalue weighted by Crippen LogP contribution is 2.06. The molecular formula is C9H12O. The molecule has 1 nitrogen and oxygen atoms in total. The fourth-order valence-corrected chi connectivity index (χ4v) is 0.435. The third kappa shape index (κ3) is 3.02. The second kappa shape index (κ2) is 3.83. The standard InChI is InChI=1S/C9H12O/c1-7(2)9(4)5-8(3)6-10/h5-6H,1,3H2,2,4H3/b9-5-. The molecule has 0 aliphatic rings. The summed E-state index contributed by atoms with van der Waals surface area (Å²) in [7, 11) is 0. The Bertz CT molecular complexity index is 197. The predicted octanol–water partition coefficient (Wildman–Crippen LogP) is 2.26. The lowest BCUT2D eigenvalue weighted by atomic mass is 10.1. The van der Waals surface area contributed by atoms with Crippen LogP contribution in [0, 0.1) is 0 Å². The van der Waals surface area contributed by atoms with Gasteiger partial charge in [0, 0.05) is 5.57 Å². The molecule has 0 heterocycles. The summed E-state index contributed by atoms with van der Waals surface area (Å²) in [5.41, 5.74) is 2.45. The minimum Gasteiger partial charge on any atom is -0.298 e. The van der Waals surface area contributed by atoms with Gasteiger partial charge in [-0.25, -0.2) is 0 Å². The van der Waals surface area contributed by atoms with Crippen LogP contribution in [-0.4, -0.2) is 6.29 Å². The van der Waals surface area contributed by atoms with E-state index in [-0.39, 0.29) is 0 Å². The Kier molecular flexibility index (Phi) is 3.40. The quantitative estimate of drug-likeness (QED) is 0.330. The van der Waals surface area contributed by atoms with Crippen molar-refractivity contribution in [3.63, 3.8) is 0 Å². The van der Waals surface area contributed by atoms with Crippen LogP contribution < -0.4 is 0 Å². The first-order valence-corrected chi connectivity index (χ1v) is 3.06. The van der Waals surface area contributed by atoms with E-state index in [1.165, 1.54) is 0 Å². The van der Waals surface area contributed by atoms with Gasteiger partial charge in [0.15, 0.2) is 0 Å². The molecule has 0 saturated carbocycles. The van der Waals surface area contributed by atoms with Gasteiger partial charge in [-0.2, -0.15) is 0 Å². The zero-order valence-electron chi connectivity index (χ0n) is 6.48. The molecule has 0 unspecified atom stereocenters. The molecule has 0 spiro atoms. The van der Waals surface area contributed by atoms with Crippen molar-refractivity contribution in [3.8, 4) is 0 Å². The second-order valence-electron chi connectivity index (χ2n) is 2.30. The van der Waals surface area contributed by atoms with Crippen molar-refractivity contribution >= 4 is 6.29 Å². The first-order chi connectivity index (χ1) is 4.57. The fraction of sp³-hybridized carbons (Fsp3) is 0.222. The number of aldehydes is 1. The third-order valence-electron chi connectivity index (χ3n) is 1.23. The van der Waals surface area contributed by atoms with Crippen molar-refractivity contribution in [1.82, 2.24) is 0 Å². The van der Waals surface area contributed by atoms with Crippen LogP contribution in [0.15, 0.2) is 36.0 Å². The van der Waals surface area contributed by atoms with E-state index >= 15 is 0 Å². The molecule has 0 bridgehead atoms. The average molecular weight is 136 g/mol. The Balaban J connectivity index is 4.30. The van der Waals surface area contributed by atoms with Gasteiger partial charge in [0.1, 0.15) is 6.29 Å². The van der Waals surface area contributed by atoms with Crippen LogP contribution in [0.5, 0.6) is 0 Å². The Labute approximate surface area is 61.8 Å². The largest absolute Gasteiger partial charge is 0.298 e. The number of carbonyl (C=O) groups is 1. The van der Waals surface area contributed by atoms with Crippen LogP contribution in [0.25, 0.3) is 0 Å². The van der Waals surface area contributed by atoms with Crippen molar-refractivity contribution < 1.29 is 4.79 Å². The number of rotatable bonds is 3. The number of carbonyl (C=O) groups excluding carboxylic acids is 1. The van der Waals surface area contributed by atoms with E-state index in [0.717, 1.165) is 17.4 Å². The van der Waals surface area contributed by atoms with E-state index in [1.54, 1.807) is 6.08 Å². The van der Waals surface area contributed by atoms with Gasteiger partial charge in [0.2, 0.25) is 0 Å². The van der Waals surface area contributed by atoms with Crippen LogP contribution in [0.4, 0.5) is 0 Å². The maximum atomic E-state index is 10.1. The number of allylic oxidation sites excluding steroid dienone is 4. The van der Waals surface area contributed by atoms with Gasteiger partial charge in [-0.3, -0.25) is 4.79 Å². The maximum absolute atomic E-state index is 10.1. The summed E-state index contributed by atoms with van der Waals surface area (Å²) in [5, 5.41) is 0. The Morgan fingerprint density at radius 3 is 2.10 bits per heavy atom. The highest BCUT2D eigenvalue weighted by molar-refractivity contribution is 5.76. The highest BCUT2D eigenvalue weighted by Gasteiger charge is 1.89. The van der Waals surface area contributed by atoms with Crippen molar-refractivity contribution in [2.45, 2.75) is 13.8 Å². The second-order valence-corrected chi connectivity index (χ2v) is 2.30. The molecule has 0 rings (SSSR count). The molecule has 0 aromatic carbocycles. The van der Waals surface area contributed by atoms with Gasteiger partial charge in [-0.1, -0.05) is 18.7 Å². The number of hydrogen-bond acceptors (Lipinski definition) is 1. The molecule has 54 valence electrons. The Morgan fingerprint density at radius 1 is 1.30 bits per heavy atom. The van der Waals surface area contributed by atoms with Crippen molar-refractivity contribution in [3.05, 3.63) is 36.0 Å². The molecule has 10 heavy (non-hydrogen) atoms. The molecule has 0 aliphatic heterocycles. The molecule has 1 heteroatoms. The van der Waals surface area contributed by atoms with E-state index in [4.69, 9.17) is 0 Å². The molecule has 0 atom stereocenters. The minimum atomic E-state index is 0.487. The lowest BCUT2D eigenvalue weighted by molar-refractivity contribution is -0.104. The van der Waals surface area contributed by atoms with Crippen molar-refractivity contribution in [2.75, 3.05) is 0 Å². The third-order valence-corrected chi connectivity index (χ3v) is 1.23. The lowest BCUT2D eigenvalue weighted by Crippen LogP contribution is -1.80. The number of hydrogen-bond donors (Lipinski definition) is 0. The molecule has 0 radical (unpaired) electrons. The van der Waals surface area contributed by atoms with Crippen LogP contribution in [0.1, 0.15) is 13.8 Å². The molecule has 0 N–H and O–H groups in total. The van der Waals surface area contributed by atoms with Crippen LogP contribution in [0.3, 0.4) is 0 Å². The van der Waals surface area contributed by atoms with Gasteiger partial charge in [-0.05, 0) is 25.5 Å². The summed E-state index contributed by atoms with van der Waals surface area (Å²) in [5.74, 6) is 0. The average Bonchev–Trinajstić information content (AvgIpc) is 1.87.